The molecule has 3 heterocycles. The van der Waals surface area contributed by atoms with Gasteiger partial charge < -0.3 is 15.0 Å². The Labute approximate surface area is 152 Å². The zero-order valence-electron chi connectivity index (χ0n) is 14.7. The van der Waals surface area contributed by atoms with E-state index in [4.69, 9.17) is 4.74 Å². The minimum absolute atomic E-state index is 0.0212. The van der Waals surface area contributed by atoms with Gasteiger partial charge in [-0.15, -0.1) is 0 Å². The fourth-order valence-corrected chi connectivity index (χ4v) is 3.87. The molecule has 1 N–H and O–H groups in total. The fraction of sp³-hybridized carbons (Fsp3) is 0.450. The quantitative estimate of drug-likeness (QED) is 0.885. The molecular weight excluding hydrogens is 330 g/mol. The van der Waals surface area contributed by atoms with E-state index in [0.717, 1.165) is 23.7 Å². The van der Waals surface area contributed by atoms with Crippen LogP contribution in [0.2, 0.25) is 0 Å². The van der Waals surface area contributed by atoms with Gasteiger partial charge in [0.2, 0.25) is 11.8 Å². The number of fused-ring (bicyclic) bond motifs is 1. The second-order valence-electron chi connectivity index (χ2n) is 7.08. The summed E-state index contributed by atoms with van der Waals surface area (Å²) in [4.78, 5) is 30.1. The highest BCUT2D eigenvalue weighted by Gasteiger charge is 2.31. The molecule has 1 aromatic heterocycles. The van der Waals surface area contributed by atoms with Gasteiger partial charge in [-0.2, -0.15) is 0 Å². The molecule has 2 fully saturated rings. The largest absolute Gasteiger partial charge is 0.379 e. The van der Waals surface area contributed by atoms with E-state index < -0.39 is 0 Å². The highest BCUT2D eigenvalue weighted by molar-refractivity contribution is 5.86. The number of ether oxygens (including phenoxy) is 1. The number of amides is 2. The number of carbonyl (C=O) groups excluding carboxylic acids is 2. The van der Waals surface area contributed by atoms with Crippen molar-refractivity contribution in [2.75, 3.05) is 26.3 Å². The van der Waals surface area contributed by atoms with Gasteiger partial charge >= 0.3 is 0 Å². The normalized spacial score (nSPS) is 22.9. The molecule has 0 unspecified atom stereocenters. The number of rotatable bonds is 5. The van der Waals surface area contributed by atoms with Crippen LogP contribution in [-0.4, -0.2) is 54.0 Å². The first-order valence-electron chi connectivity index (χ1n) is 9.18. The lowest BCUT2D eigenvalue weighted by Gasteiger charge is -2.22. The summed E-state index contributed by atoms with van der Waals surface area (Å²) in [6.07, 6.45) is 4.06. The maximum Gasteiger partial charge on any atom is 0.239 e. The molecular formula is C20H23N3O3. The van der Waals surface area contributed by atoms with Crippen molar-refractivity contribution in [2.24, 2.45) is 5.92 Å². The van der Waals surface area contributed by atoms with E-state index in [1.807, 2.05) is 30.5 Å². The number of hydrogen-bond acceptors (Lipinski definition) is 4. The molecule has 0 spiro atoms. The number of pyridine rings is 1. The Bertz CT molecular complexity index is 818. The van der Waals surface area contributed by atoms with E-state index in [1.165, 1.54) is 5.56 Å². The topological polar surface area (TPSA) is 71.5 Å². The Morgan fingerprint density at radius 3 is 3.00 bits per heavy atom. The molecule has 6 heteroatoms. The molecule has 0 saturated carbocycles. The van der Waals surface area contributed by atoms with Crippen molar-refractivity contribution >= 4 is 22.7 Å². The predicted molar refractivity (Wildman–Crippen MR) is 97.5 cm³/mol. The molecule has 2 aromatic rings. The average Bonchev–Trinajstić information content (AvgIpc) is 3.25. The minimum atomic E-state index is -0.0969. The van der Waals surface area contributed by atoms with Crippen molar-refractivity contribution in [1.29, 1.82) is 0 Å². The van der Waals surface area contributed by atoms with Gasteiger partial charge in [0.1, 0.15) is 0 Å². The summed E-state index contributed by atoms with van der Waals surface area (Å²) >= 11 is 0. The fourth-order valence-electron chi connectivity index (χ4n) is 3.87. The van der Waals surface area contributed by atoms with Crippen LogP contribution in [0, 0.1) is 5.92 Å². The van der Waals surface area contributed by atoms with Crippen LogP contribution in [0.4, 0.5) is 0 Å². The average molecular weight is 353 g/mol. The van der Waals surface area contributed by atoms with Gasteiger partial charge in [-0.25, -0.2) is 0 Å². The first-order valence-corrected chi connectivity index (χ1v) is 9.18. The third-order valence-electron chi connectivity index (χ3n) is 5.27. The van der Waals surface area contributed by atoms with Crippen LogP contribution in [-0.2, 0) is 20.7 Å². The maximum absolute atomic E-state index is 12.3. The van der Waals surface area contributed by atoms with E-state index in [-0.39, 0.29) is 30.3 Å². The Morgan fingerprint density at radius 2 is 2.15 bits per heavy atom. The van der Waals surface area contributed by atoms with E-state index in [2.05, 4.69) is 16.4 Å². The molecule has 26 heavy (non-hydrogen) atoms. The molecule has 0 aliphatic carbocycles. The van der Waals surface area contributed by atoms with Crippen LogP contribution in [0.5, 0.6) is 0 Å². The predicted octanol–water partition coefficient (Wildman–Crippen LogP) is 1.53. The Morgan fingerprint density at radius 1 is 1.27 bits per heavy atom. The third-order valence-corrected chi connectivity index (χ3v) is 5.27. The number of likely N-dealkylation sites (tertiary alicyclic amines) is 1. The molecule has 0 bridgehead atoms. The lowest BCUT2D eigenvalue weighted by Crippen LogP contribution is -2.45. The van der Waals surface area contributed by atoms with Crippen molar-refractivity contribution in [1.82, 2.24) is 15.2 Å². The standard InChI is InChI=1S/C20H23N3O3/c24-19(11-23-9-3-6-20(23)25)22-18-13-26-12-15(18)10-14-7-8-21-17-5-2-1-4-16(14)17/h1-2,4-5,7-8,15,18H,3,6,9-13H2,(H,22,24)/t15-,18-/m1/s1. The van der Waals surface area contributed by atoms with Crippen molar-refractivity contribution in [3.05, 3.63) is 42.1 Å². The molecule has 2 amide bonds. The number of nitrogens with zero attached hydrogens (tertiary/aromatic N) is 2. The molecule has 136 valence electrons. The molecule has 4 rings (SSSR count). The van der Waals surface area contributed by atoms with Crippen LogP contribution < -0.4 is 5.32 Å². The first kappa shape index (κ1) is 17.0. The number of para-hydroxylation sites is 1. The zero-order valence-corrected chi connectivity index (χ0v) is 14.7. The van der Waals surface area contributed by atoms with E-state index >= 15 is 0 Å². The van der Waals surface area contributed by atoms with Crippen LogP contribution >= 0.6 is 0 Å². The highest BCUT2D eigenvalue weighted by atomic mass is 16.5. The van der Waals surface area contributed by atoms with Gasteiger partial charge in [0.15, 0.2) is 0 Å². The Balaban J connectivity index is 1.41. The number of aromatic nitrogens is 1. The summed E-state index contributed by atoms with van der Waals surface area (Å²) < 4.78 is 5.64. The van der Waals surface area contributed by atoms with Gasteiger partial charge in [-0.1, -0.05) is 18.2 Å². The summed E-state index contributed by atoms with van der Waals surface area (Å²) in [5.41, 5.74) is 2.21. The van der Waals surface area contributed by atoms with Gasteiger partial charge in [0.25, 0.3) is 0 Å². The Hall–Kier alpha value is -2.47. The van der Waals surface area contributed by atoms with Crippen LogP contribution in [0.1, 0.15) is 18.4 Å². The van der Waals surface area contributed by atoms with Crippen LogP contribution in [0.3, 0.4) is 0 Å². The molecule has 6 nitrogen and oxygen atoms in total. The Kier molecular flexibility index (Phi) is 4.84. The van der Waals surface area contributed by atoms with E-state index in [1.54, 1.807) is 4.90 Å². The van der Waals surface area contributed by atoms with Gasteiger partial charge in [0.05, 0.1) is 31.3 Å². The van der Waals surface area contributed by atoms with E-state index in [9.17, 15) is 9.59 Å². The van der Waals surface area contributed by atoms with Gasteiger partial charge in [0, 0.05) is 30.5 Å². The minimum Gasteiger partial charge on any atom is -0.379 e. The SMILES string of the molecule is O=C(CN1CCCC1=O)N[C@@H]1COC[C@H]1Cc1ccnc2ccccc12. The maximum atomic E-state index is 12.3. The summed E-state index contributed by atoms with van der Waals surface area (Å²) in [5.74, 6) is 0.196. The van der Waals surface area contributed by atoms with E-state index in [0.29, 0.717) is 26.2 Å². The van der Waals surface area contributed by atoms with Crippen LogP contribution in [0.15, 0.2) is 36.5 Å². The number of hydrogen-bond donors (Lipinski definition) is 1. The summed E-state index contributed by atoms with van der Waals surface area (Å²) in [6.45, 7) is 1.98. The van der Waals surface area contributed by atoms with Gasteiger partial charge in [-0.3, -0.25) is 14.6 Å². The lowest BCUT2D eigenvalue weighted by atomic mass is 9.93. The molecule has 2 atom stereocenters. The van der Waals surface area contributed by atoms with Crippen molar-refractivity contribution in [3.63, 3.8) is 0 Å². The number of carbonyl (C=O) groups is 2. The first-order chi connectivity index (χ1) is 12.7. The monoisotopic (exact) mass is 353 g/mol. The summed E-state index contributed by atoms with van der Waals surface area (Å²) in [5, 5.41) is 4.22. The van der Waals surface area contributed by atoms with Gasteiger partial charge in [-0.05, 0) is 30.5 Å². The molecule has 2 aliphatic rings. The summed E-state index contributed by atoms with van der Waals surface area (Å²) in [6, 6.07) is 10.1. The smallest absolute Gasteiger partial charge is 0.239 e. The number of benzene rings is 1. The van der Waals surface area contributed by atoms with Crippen LogP contribution in [0.25, 0.3) is 10.9 Å². The second kappa shape index (κ2) is 7.41. The zero-order chi connectivity index (χ0) is 17.9. The summed E-state index contributed by atoms with van der Waals surface area (Å²) in [7, 11) is 0. The molecule has 0 radical (unpaired) electrons. The van der Waals surface area contributed by atoms with Crippen molar-refractivity contribution in [2.45, 2.75) is 25.3 Å². The second-order valence-corrected chi connectivity index (χ2v) is 7.08. The van der Waals surface area contributed by atoms with Crippen molar-refractivity contribution < 1.29 is 14.3 Å². The van der Waals surface area contributed by atoms with Crippen molar-refractivity contribution in [3.8, 4) is 0 Å². The lowest BCUT2D eigenvalue weighted by molar-refractivity contribution is -0.133. The molecule has 2 saturated heterocycles. The number of nitrogens with one attached hydrogen (secondary N) is 1. The third kappa shape index (κ3) is 3.55. The molecule has 1 aromatic carbocycles. The molecule has 2 aliphatic heterocycles. The highest BCUT2D eigenvalue weighted by Crippen LogP contribution is 2.24.